The molecule has 0 atom stereocenters. The van der Waals surface area contributed by atoms with E-state index in [2.05, 4.69) is 12.2 Å². The maximum Gasteiger partial charge on any atom is 0.248 e. The van der Waals surface area contributed by atoms with Crippen molar-refractivity contribution >= 4 is 13.8 Å². The van der Waals surface area contributed by atoms with E-state index in [0.717, 1.165) is 6.42 Å². The molecule has 22 heavy (non-hydrogen) atoms. The van der Waals surface area contributed by atoms with E-state index in [-0.39, 0.29) is 6.10 Å². The molecule has 0 aliphatic heterocycles. The van der Waals surface area contributed by atoms with Gasteiger partial charge in [0.25, 0.3) is 0 Å². The monoisotopic (exact) mass is 301 g/mol. The molecule has 0 aliphatic carbocycles. The molecule has 0 bridgehead atoms. The van der Waals surface area contributed by atoms with Gasteiger partial charge in [-0.3, -0.25) is 4.79 Å². The smallest absolute Gasteiger partial charge is 0.248 e. The van der Waals surface area contributed by atoms with Crippen LogP contribution in [0.4, 0.5) is 0 Å². The molecule has 1 amide bonds. The van der Waals surface area contributed by atoms with E-state index in [4.69, 9.17) is 15.2 Å². The van der Waals surface area contributed by atoms with E-state index in [0.29, 0.717) is 23.7 Å². The summed E-state index contributed by atoms with van der Waals surface area (Å²) in [5.41, 5.74) is 6.94. The topological polar surface area (TPSA) is 61.6 Å². The van der Waals surface area contributed by atoms with Gasteiger partial charge in [0.05, 0.1) is 12.7 Å². The molecule has 0 aromatic heterocycles. The molecule has 0 saturated carbocycles. The molecule has 118 valence electrons. The van der Waals surface area contributed by atoms with Crippen LogP contribution in [0.2, 0.25) is 0 Å². The van der Waals surface area contributed by atoms with Gasteiger partial charge in [0.2, 0.25) is 5.91 Å². The van der Waals surface area contributed by atoms with Crippen molar-refractivity contribution in [1.82, 2.24) is 0 Å². The van der Waals surface area contributed by atoms with E-state index < -0.39 is 5.91 Å². The second kappa shape index (κ2) is 8.98. The average Bonchev–Trinajstić information content (AvgIpc) is 2.45. The highest BCUT2D eigenvalue weighted by molar-refractivity contribution is 6.17. The van der Waals surface area contributed by atoms with Gasteiger partial charge >= 0.3 is 0 Å². The largest absolute Gasteiger partial charge is 0.493 e. The lowest BCUT2D eigenvalue weighted by atomic mass is 10.1. The van der Waals surface area contributed by atoms with Crippen LogP contribution in [-0.4, -0.2) is 26.5 Å². The number of nitrogens with two attached hydrogens (primary N) is 1. The molecule has 1 aromatic carbocycles. The normalized spacial score (nSPS) is 11.9. The van der Waals surface area contributed by atoms with Crippen LogP contribution in [-0.2, 0) is 0 Å². The summed E-state index contributed by atoms with van der Waals surface area (Å²) in [7, 11) is 1.98. The molecule has 0 aliphatic rings. The SMILES string of the molecule is B/C=C\C(=C/C)CCOc1cc(OC(C)C)cc(C(N)=O)c1. The molecular formula is C17H24BNO3. The Morgan fingerprint density at radius 3 is 2.55 bits per heavy atom. The Balaban J connectivity index is 2.80. The van der Waals surface area contributed by atoms with Crippen LogP contribution in [0.15, 0.2) is 41.9 Å². The first-order valence-corrected chi connectivity index (χ1v) is 7.48. The molecular weight excluding hydrogens is 277 g/mol. The molecule has 5 heteroatoms. The van der Waals surface area contributed by atoms with E-state index in [9.17, 15) is 4.79 Å². The van der Waals surface area contributed by atoms with Crippen molar-refractivity contribution in [3.05, 3.63) is 47.5 Å². The van der Waals surface area contributed by atoms with Gasteiger partial charge in [-0.25, -0.2) is 0 Å². The van der Waals surface area contributed by atoms with Crippen molar-refractivity contribution in [2.45, 2.75) is 33.3 Å². The maximum atomic E-state index is 11.4. The zero-order valence-corrected chi connectivity index (χ0v) is 13.8. The van der Waals surface area contributed by atoms with Crippen LogP contribution in [0.25, 0.3) is 0 Å². The number of rotatable bonds is 8. The van der Waals surface area contributed by atoms with Crippen molar-refractivity contribution in [1.29, 1.82) is 0 Å². The van der Waals surface area contributed by atoms with Crippen LogP contribution in [0.5, 0.6) is 11.5 Å². The summed E-state index contributed by atoms with van der Waals surface area (Å²) in [6.07, 6.45) is 4.91. The highest BCUT2D eigenvalue weighted by Gasteiger charge is 2.08. The summed E-state index contributed by atoms with van der Waals surface area (Å²) in [6.45, 7) is 6.37. The van der Waals surface area contributed by atoms with Gasteiger partial charge in [0, 0.05) is 18.1 Å². The van der Waals surface area contributed by atoms with Gasteiger partial charge in [-0.1, -0.05) is 17.7 Å². The molecule has 0 fully saturated rings. The van der Waals surface area contributed by atoms with Gasteiger partial charge in [-0.05, 0) is 32.9 Å². The van der Waals surface area contributed by atoms with Crippen molar-refractivity contribution in [2.24, 2.45) is 5.73 Å². The third-order valence-electron chi connectivity index (χ3n) is 2.95. The average molecular weight is 301 g/mol. The van der Waals surface area contributed by atoms with Gasteiger partial charge < -0.3 is 15.2 Å². The minimum atomic E-state index is -0.498. The number of benzene rings is 1. The number of carbonyl (C=O) groups excluding carboxylic acids is 1. The first-order valence-electron chi connectivity index (χ1n) is 7.48. The quantitative estimate of drug-likeness (QED) is 0.592. The highest BCUT2D eigenvalue weighted by atomic mass is 16.5. The zero-order valence-electron chi connectivity index (χ0n) is 13.8. The summed E-state index contributed by atoms with van der Waals surface area (Å²) < 4.78 is 11.4. The first-order chi connectivity index (χ1) is 10.5. The molecule has 1 rings (SSSR count). The van der Waals surface area contributed by atoms with Crippen LogP contribution < -0.4 is 15.2 Å². The zero-order chi connectivity index (χ0) is 16.5. The fourth-order valence-corrected chi connectivity index (χ4v) is 1.96. The number of allylic oxidation sites excluding steroid dienone is 2. The van der Waals surface area contributed by atoms with Crippen LogP contribution >= 0.6 is 0 Å². The van der Waals surface area contributed by atoms with E-state index in [1.54, 1.807) is 18.2 Å². The van der Waals surface area contributed by atoms with Gasteiger partial charge in [-0.2, -0.15) is 0 Å². The lowest BCUT2D eigenvalue weighted by molar-refractivity contribution is 0.0999. The van der Waals surface area contributed by atoms with Crippen LogP contribution in [0.3, 0.4) is 0 Å². The molecule has 0 saturated heterocycles. The summed E-state index contributed by atoms with van der Waals surface area (Å²) in [6, 6.07) is 5.05. The highest BCUT2D eigenvalue weighted by Crippen LogP contribution is 2.24. The Hall–Kier alpha value is -2.17. The van der Waals surface area contributed by atoms with Crippen molar-refractivity contribution in [2.75, 3.05) is 6.61 Å². The molecule has 0 spiro atoms. The fourth-order valence-electron chi connectivity index (χ4n) is 1.96. The molecule has 2 N–H and O–H groups in total. The van der Waals surface area contributed by atoms with E-state index in [1.165, 1.54) is 5.57 Å². The lowest BCUT2D eigenvalue weighted by Crippen LogP contribution is -2.13. The number of ether oxygens (including phenoxy) is 2. The summed E-state index contributed by atoms with van der Waals surface area (Å²) >= 11 is 0. The first kappa shape index (κ1) is 17.9. The lowest BCUT2D eigenvalue weighted by Gasteiger charge is -2.13. The number of hydrogen-bond acceptors (Lipinski definition) is 3. The number of hydrogen-bond donors (Lipinski definition) is 1. The van der Waals surface area contributed by atoms with Crippen molar-refractivity contribution < 1.29 is 14.3 Å². The molecule has 0 radical (unpaired) electrons. The Bertz CT molecular complexity index is 565. The molecule has 4 nitrogen and oxygen atoms in total. The summed E-state index contributed by atoms with van der Waals surface area (Å²) in [5.74, 6) is 2.67. The van der Waals surface area contributed by atoms with Crippen LogP contribution in [0.1, 0.15) is 37.6 Å². The van der Waals surface area contributed by atoms with Crippen molar-refractivity contribution in [3.63, 3.8) is 0 Å². The maximum absolute atomic E-state index is 11.4. The number of amides is 1. The number of primary amides is 1. The minimum Gasteiger partial charge on any atom is -0.493 e. The fraction of sp³-hybridized carbons (Fsp3) is 0.353. The molecule has 1 aromatic rings. The predicted octanol–water partition coefficient (Wildman–Crippen LogP) is 2.43. The Labute approximate surface area is 133 Å². The van der Waals surface area contributed by atoms with Gasteiger partial charge in [-0.15, -0.1) is 5.98 Å². The van der Waals surface area contributed by atoms with E-state index >= 15 is 0 Å². The second-order valence-electron chi connectivity index (χ2n) is 5.19. The van der Waals surface area contributed by atoms with Crippen molar-refractivity contribution in [3.8, 4) is 11.5 Å². The van der Waals surface area contributed by atoms with Gasteiger partial charge in [0.15, 0.2) is 0 Å². The standard InChI is InChI=1S/C17H24BNO3/c1-4-13(5-7-18)6-8-21-15-9-14(17(19)20)10-16(11-15)22-12(2)3/h4-5,7,9-12H,6,8,18H2,1-3H3,(H2,19,20)/b7-5-,13-4+. The van der Waals surface area contributed by atoms with Gasteiger partial charge in [0.1, 0.15) is 19.3 Å². The second-order valence-corrected chi connectivity index (χ2v) is 5.19. The number of carbonyl (C=O) groups is 1. The molecule has 0 unspecified atom stereocenters. The third kappa shape index (κ3) is 6.08. The molecule has 0 heterocycles. The summed E-state index contributed by atoms with van der Waals surface area (Å²) in [5, 5.41) is 0. The Kier molecular flexibility index (Phi) is 7.30. The van der Waals surface area contributed by atoms with Crippen LogP contribution in [0, 0.1) is 0 Å². The van der Waals surface area contributed by atoms with E-state index in [1.807, 2.05) is 34.6 Å². The minimum absolute atomic E-state index is 0.0142. The Morgan fingerprint density at radius 1 is 1.32 bits per heavy atom. The predicted molar refractivity (Wildman–Crippen MR) is 92.3 cm³/mol. The Morgan fingerprint density at radius 2 is 2.00 bits per heavy atom. The summed E-state index contributed by atoms with van der Waals surface area (Å²) in [4.78, 5) is 11.4. The third-order valence-corrected chi connectivity index (χ3v) is 2.95.